The fraction of sp³-hybridized carbons (Fsp3) is 0.400. The fourth-order valence-corrected chi connectivity index (χ4v) is 3.39. The smallest absolute Gasteiger partial charge is 0.303 e. The lowest BCUT2D eigenvalue weighted by atomic mass is 10.1. The van der Waals surface area contributed by atoms with Gasteiger partial charge in [0.25, 0.3) is 5.56 Å². The average molecular weight is 461 g/mol. The second kappa shape index (κ2) is 9.69. The van der Waals surface area contributed by atoms with Crippen LogP contribution >= 0.6 is 15.9 Å². The van der Waals surface area contributed by atoms with Crippen molar-refractivity contribution in [2.45, 2.75) is 45.6 Å². The molecule has 0 amide bonds. The van der Waals surface area contributed by atoms with E-state index in [1.165, 1.54) is 17.4 Å². The van der Waals surface area contributed by atoms with E-state index in [1.807, 2.05) is 24.3 Å². The molecule has 1 aromatic carbocycles. The summed E-state index contributed by atoms with van der Waals surface area (Å²) >= 11 is 3.40. The van der Waals surface area contributed by atoms with E-state index in [2.05, 4.69) is 43.3 Å². The molecule has 0 unspecified atom stereocenters. The van der Waals surface area contributed by atoms with Gasteiger partial charge in [0.05, 0.1) is 6.21 Å². The summed E-state index contributed by atoms with van der Waals surface area (Å²) in [5.74, 6) is 0.440. The van der Waals surface area contributed by atoms with Gasteiger partial charge >= 0.3 is 5.69 Å². The molecule has 0 atom stereocenters. The zero-order valence-electron chi connectivity index (χ0n) is 16.6. The largest absolute Gasteiger partial charge is 0.329 e. The number of nitrogens with one attached hydrogen (secondary N) is 2. The van der Waals surface area contributed by atoms with Gasteiger partial charge in [-0.3, -0.25) is 14.3 Å². The van der Waals surface area contributed by atoms with Gasteiger partial charge in [0.1, 0.15) is 0 Å². The number of nitrogens with zero attached hydrogens (tertiary/aromatic N) is 4. The fourth-order valence-electron chi connectivity index (χ4n) is 3.12. The molecule has 0 radical (unpaired) electrons. The van der Waals surface area contributed by atoms with Crippen molar-refractivity contribution in [3.05, 3.63) is 55.1 Å². The van der Waals surface area contributed by atoms with Crippen molar-refractivity contribution in [2.75, 3.05) is 5.43 Å². The van der Waals surface area contributed by atoms with Crippen molar-refractivity contribution < 1.29 is 0 Å². The van der Waals surface area contributed by atoms with E-state index in [4.69, 9.17) is 0 Å². The maximum absolute atomic E-state index is 12.4. The third-order valence-electron chi connectivity index (χ3n) is 4.74. The second-order valence-corrected chi connectivity index (χ2v) is 7.83. The summed E-state index contributed by atoms with van der Waals surface area (Å²) in [6, 6.07) is 7.73. The summed E-state index contributed by atoms with van der Waals surface area (Å²) in [5.41, 5.74) is 3.66. The van der Waals surface area contributed by atoms with Crippen LogP contribution in [0, 0.1) is 0 Å². The van der Waals surface area contributed by atoms with Gasteiger partial charge in [0.15, 0.2) is 11.2 Å². The molecule has 2 aromatic heterocycles. The van der Waals surface area contributed by atoms with Crippen molar-refractivity contribution in [2.24, 2.45) is 12.1 Å². The Bertz CT molecular complexity index is 1110. The van der Waals surface area contributed by atoms with Crippen LogP contribution in [0.3, 0.4) is 0 Å². The van der Waals surface area contributed by atoms with E-state index in [9.17, 15) is 9.59 Å². The predicted molar refractivity (Wildman–Crippen MR) is 120 cm³/mol. The molecule has 0 fully saturated rings. The minimum Gasteiger partial charge on any atom is -0.303 e. The lowest BCUT2D eigenvalue weighted by molar-refractivity contribution is 0.577. The van der Waals surface area contributed by atoms with Crippen LogP contribution in [-0.4, -0.2) is 25.3 Å². The maximum Gasteiger partial charge on any atom is 0.329 e. The van der Waals surface area contributed by atoms with Gasteiger partial charge in [-0.25, -0.2) is 10.2 Å². The van der Waals surface area contributed by atoms with Crippen LogP contribution in [0.5, 0.6) is 0 Å². The van der Waals surface area contributed by atoms with Gasteiger partial charge in [0.2, 0.25) is 5.95 Å². The molecule has 9 heteroatoms. The molecule has 3 rings (SSSR count). The number of hydrogen-bond acceptors (Lipinski definition) is 5. The van der Waals surface area contributed by atoms with Crippen LogP contribution in [0.1, 0.15) is 44.6 Å². The highest BCUT2D eigenvalue weighted by Crippen LogP contribution is 2.17. The van der Waals surface area contributed by atoms with Crippen LogP contribution < -0.4 is 16.7 Å². The van der Waals surface area contributed by atoms with E-state index in [1.54, 1.807) is 17.8 Å². The molecular weight excluding hydrogens is 436 g/mol. The highest BCUT2D eigenvalue weighted by Gasteiger charge is 2.16. The normalized spacial score (nSPS) is 11.6. The van der Waals surface area contributed by atoms with Crippen LogP contribution in [0.2, 0.25) is 0 Å². The first-order chi connectivity index (χ1) is 14.0. The maximum atomic E-state index is 12.4. The van der Waals surface area contributed by atoms with Gasteiger partial charge in [-0.1, -0.05) is 60.7 Å². The highest BCUT2D eigenvalue weighted by molar-refractivity contribution is 9.10. The molecule has 3 aromatic rings. The molecule has 29 heavy (non-hydrogen) atoms. The first-order valence-corrected chi connectivity index (χ1v) is 10.5. The van der Waals surface area contributed by atoms with Crippen LogP contribution in [0.4, 0.5) is 5.95 Å². The summed E-state index contributed by atoms with van der Waals surface area (Å²) in [5, 5.41) is 4.26. The molecule has 154 valence electrons. The molecular formula is C20H25BrN6O2. The van der Waals surface area contributed by atoms with Crippen molar-refractivity contribution in [1.82, 2.24) is 19.1 Å². The number of halogens is 1. The molecule has 0 saturated heterocycles. The first-order valence-electron chi connectivity index (χ1n) is 9.75. The van der Waals surface area contributed by atoms with E-state index >= 15 is 0 Å². The third-order valence-corrected chi connectivity index (χ3v) is 5.27. The van der Waals surface area contributed by atoms with Gasteiger partial charge in [-0.2, -0.15) is 10.1 Å². The van der Waals surface area contributed by atoms with Crippen LogP contribution in [-0.2, 0) is 13.6 Å². The molecule has 0 bridgehead atoms. The summed E-state index contributed by atoms with van der Waals surface area (Å²) in [6.45, 7) is 2.80. The molecule has 0 spiro atoms. The van der Waals surface area contributed by atoms with E-state index in [0.29, 0.717) is 23.7 Å². The Kier molecular flexibility index (Phi) is 7.03. The Labute approximate surface area is 176 Å². The molecule has 2 N–H and O–H groups in total. The number of hydrazone groups is 1. The lowest BCUT2D eigenvalue weighted by Gasteiger charge is -2.08. The number of aryl methyl sites for hydroxylation is 2. The number of aromatic amines is 1. The quantitative estimate of drug-likeness (QED) is 0.289. The van der Waals surface area contributed by atoms with Crippen molar-refractivity contribution in [3.63, 3.8) is 0 Å². The Morgan fingerprint density at radius 2 is 1.90 bits per heavy atom. The summed E-state index contributed by atoms with van der Waals surface area (Å²) < 4.78 is 4.14. The number of benzene rings is 1. The Balaban J connectivity index is 1.89. The number of anilines is 1. The monoisotopic (exact) mass is 460 g/mol. The van der Waals surface area contributed by atoms with Crippen LogP contribution in [0.15, 0.2) is 43.4 Å². The van der Waals surface area contributed by atoms with E-state index in [0.717, 1.165) is 29.3 Å². The number of H-pyrrole nitrogens is 1. The zero-order chi connectivity index (χ0) is 20.8. The van der Waals surface area contributed by atoms with Gasteiger partial charge < -0.3 is 4.57 Å². The zero-order valence-corrected chi connectivity index (χ0v) is 18.2. The van der Waals surface area contributed by atoms with Crippen molar-refractivity contribution >= 4 is 39.3 Å². The summed E-state index contributed by atoms with van der Waals surface area (Å²) in [4.78, 5) is 31.2. The highest BCUT2D eigenvalue weighted by atomic mass is 79.9. The lowest BCUT2D eigenvalue weighted by Crippen LogP contribution is -2.29. The number of fused-ring (bicyclic) bond motifs is 1. The molecule has 0 aliphatic rings. The number of aromatic nitrogens is 4. The Morgan fingerprint density at radius 3 is 2.62 bits per heavy atom. The predicted octanol–water partition coefficient (Wildman–Crippen LogP) is 3.60. The van der Waals surface area contributed by atoms with E-state index in [-0.39, 0.29) is 0 Å². The SMILES string of the molecule is CCCCCCCn1c(N/N=C\c2ccc(Br)cc2)nc2c1c(=O)[nH]c(=O)n2C. The van der Waals surface area contributed by atoms with Crippen molar-refractivity contribution in [1.29, 1.82) is 0 Å². The topological polar surface area (TPSA) is 97.1 Å². The number of hydrogen-bond donors (Lipinski definition) is 2. The number of rotatable bonds is 9. The second-order valence-electron chi connectivity index (χ2n) is 6.91. The molecule has 0 aliphatic heterocycles. The van der Waals surface area contributed by atoms with Crippen LogP contribution in [0.25, 0.3) is 11.2 Å². The molecule has 8 nitrogen and oxygen atoms in total. The van der Waals surface area contributed by atoms with Gasteiger partial charge in [-0.05, 0) is 24.1 Å². The number of unbranched alkanes of at least 4 members (excludes halogenated alkanes) is 4. The standard InChI is InChI=1S/C20H25BrN6O2/c1-3-4-5-6-7-12-27-16-17(26(2)20(29)24-18(16)28)23-19(27)25-22-13-14-8-10-15(21)11-9-14/h8-11,13H,3-7,12H2,1-2H3,(H,23,25)(H,24,28,29)/b22-13-. The van der Waals surface area contributed by atoms with Crippen molar-refractivity contribution in [3.8, 4) is 0 Å². The molecule has 0 saturated carbocycles. The molecule has 2 heterocycles. The van der Waals surface area contributed by atoms with Gasteiger partial charge in [-0.15, -0.1) is 0 Å². The third kappa shape index (κ3) is 5.03. The Morgan fingerprint density at radius 1 is 1.17 bits per heavy atom. The van der Waals surface area contributed by atoms with Gasteiger partial charge in [0, 0.05) is 18.1 Å². The van der Waals surface area contributed by atoms with E-state index < -0.39 is 11.2 Å². The minimum absolute atomic E-state index is 0.341. The minimum atomic E-state index is -0.486. The molecule has 0 aliphatic carbocycles. The number of imidazole rings is 1. The summed E-state index contributed by atoms with van der Waals surface area (Å²) in [7, 11) is 1.59. The average Bonchev–Trinajstić information content (AvgIpc) is 3.07. The Hall–Kier alpha value is -2.68. The summed E-state index contributed by atoms with van der Waals surface area (Å²) in [6.07, 6.45) is 7.19. The first kappa shape index (κ1) is 21.0.